The molecule has 0 aliphatic carbocycles. The predicted molar refractivity (Wildman–Crippen MR) is 94.8 cm³/mol. The normalized spacial score (nSPS) is 20.6. The summed E-state index contributed by atoms with van der Waals surface area (Å²) in [4.78, 5) is 31.9. The Morgan fingerprint density at radius 1 is 1.46 bits per heavy atom. The number of carbonyl (C=O) groups is 2. The van der Waals surface area contributed by atoms with Gasteiger partial charge in [0, 0.05) is 11.1 Å². The van der Waals surface area contributed by atoms with Crippen LogP contribution in [0.15, 0.2) is 10.4 Å². The van der Waals surface area contributed by atoms with Crippen molar-refractivity contribution >= 4 is 40.2 Å². The van der Waals surface area contributed by atoms with Gasteiger partial charge in [0.1, 0.15) is 21.3 Å². The number of aliphatic carboxylic acids is 1. The molecule has 0 unspecified atom stereocenters. The minimum Gasteiger partial charge on any atom is -0.479 e. The molecule has 7 nitrogen and oxygen atoms in total. The first-order valence-corrected chi connectivity index (χ1v) is 9.39. The van der Waals surface area contributed by atoms with E-state index >= 15 is 0 Å². The zero-order valence-corrected chi connectivity index (χ0v) is 15.7. The molecule has 0 saturated heterocycles. The highest BCUT2D eigenvalue weighted by Gasteiger charge is 2.42. The third-order valence-electron chi connectivity index (χ3n) is 3.30. The van der Waals surface area contributed by atoms with Crippen molar-refractivity contribution in [3.8, 4) is 0 Å². The van der Waals surface area contributed by atoms with E-state index in [1.165, 1.54) is 23.1 Å². The number of aromatic nitrogens is 1. The number of aliphatic imine (C=N–C) groups is 1. The van der Waals surface area contributed by atoms with Crippen LogP contribution in [0.5, 0.6) is 0 Å². The molecule has 1 aromatic heterocycles. The van der Waals surface area contributed by atoms with Gasteiger partial charge in [0.05, 0.1) is 6.54 Å². The maximum Gasteiger partial charge on any atom is 0.408 e. The predicted octanol–water partition coefficient (Wildman–Crippen LogP) is 2.89. The van der Waals surface area contributed by atoms with E-state index in [4.69, 9.17) is 4.74 Å². The third kappa shape index (κ3) is 4.47. The average molecular weight is 371 g/mol. The van der Waals surface area contributed by atoms with E-state index in [0.29, 0.717) is 27.9 Å². The van der Waals surface area contributed by atoms with Crippen LogP contribution in [0.1, 0.15) is 44.8 Å². The number of nitrogens with one attached hydrogen (secondary N) is 1. The fraction of sp³-hybridized carbons (Fsp3) is 0.600. The summed E-state index contributed by atoms with van der Waals surface area (Å²) < 4.78 is 5.17. The van der Waals surface area contributed by atoms with Crippen molar-refractivity contribution in [2.75, 3.05) is 5.75 Å². The van der Waals surface area contributed by atoms with Gasteiger partial charge in [-0.3, -0.25) is 4.99 Å². The van der Waals surface area contributed by atoms with Crippen LogP contribution in [0.2, 0.25) is 0 Å². The molecule has 1 aromatic rings. The number of nitrogens with zero attached hydrogens (tertiary/aromatic N) is 2. The summed E-state index contributed by atoms with van der Waals surface area (Å²) >= 11 is 2.79. The van der Waals surface area contributed by atoms with Gasteiger partial charge in [-0.05, 0) is 27.2 Å². The molecule has 2 rings (SSSR count). The lowest BCUT2D eigenvalue weighted by atomic mass is 10.0. The molecule has 0 spiro atoms. The highest BCUT2D eigenvalue weighted by atomic mass is 32.2. The Labute approximate surface area is 148 Å². The molecule has 132 valence electrons. The van der Waals surface area contributed by atoms with Crippen LogP contribution < -0.4 is 5.32 Å². The Morgan fingerprint density at radius 2 is 2.17 bits per heavy atom. The fourth-order valence-corrected chi connectivity index (χ4v) is 4.02. The maximum atomic E-state index is 11.6. The number of carbonyl (C=O) groups excluding carboxylic acids is 1. The minimum absolute atomic E-state index is 0.259. The molecule has 1 aliphatic rings. The maximum absolute atomic E-state index is 11.6. The summed E-state index contributed by atoms with van der Waals surface area (Å²) in [5.41, 5.74) is -0.950. The number of ether oxygens (including phenoxy) is 1. The smallest absolute Gasteiger partial charge is 0.408 e. The van der Waals surface area contributed by atoms with Crippen molar-refractivity contribution in [2.45, 2.75) is 51.8 Å². The number of alkyl carbamates (subject to hydrolysis) is 1. The molecule has 0 fully saturated rings. The Kier molecular flexibility index (Phi) is 5.54. The van der Waals surface area contributed by atoms with Gasteiger partial charge in [-0.25, -0.2) is 14.6 Å². The van der Waals surface area contributed by atoms with Crippen LogP contribution >= 0.6 is 23.1 Å². The number of rotatable bonds is 5. The third-order valence-corrected chi connectivity index (χ3v) is 5.34. The summed E-state index contributed by atoms with van der Waals surface area (Å²) in [5, 5.41) is 15.2. The van der Waals surface area contributed by atoms with Gasteiger partial charge in [-0.15, -0.1) is 23.1 Å². The summed E-state index contributed by atoms with van der Waals surface area (Å²) in [6.45, 7) is 7.47. The van der Waals surface area contributed by atoms with Crippen molar-refractivity contribution < 1.29 is 19.4 Å². The van der Waals surface area contributed by atoms with E-state index in [9.17, 15) is 14.7 Å². The summed E-state index contributed by atoms with van der Waals surface area (Å²) in [6.07, 6.45) is -0.0570. The molecule has 9 heteroatoms. The van der Waals surface area contributed by atoms with Crippen LogP contribution in [0, 0.1) is 0 Å². The van der Waals surface area contributed by atoms with Gasteiger partial charge in [0.25, 0.3) is 0 Å². The second-order valence-electron chi connectivity index (χ2n) is 6.38. The van der Waals surface area contributed by atoms with Gasteiger partial charge < -0.3 is 15.2 Å². The molecule has 1 amide bonds. The topological polar surface area (TPSA) is 101 Å². The Hall–Kier alpha value is -1.61. The van der Waals surface area contributed by atoms with Crippen LogP contribution in [-0.4, -0.2) is 44.1 Å². The molecule has 1 aliphatic heterocycles. The number of carboxylic acid groups (broad SMARTS) is 1. The molecule has 24 heavy (non-hydrogen) atoms. The summed E-state index contributed by atoms with van der Waals surface area (Å²) in [7, 11) is 0. The van der Waals surface area contributed by atoms with E-state index in [1.54, 1.807) is 20.8 Å². The highest BCUT2D eigenvalue weighted by molar-refractivity contribution is 8.14. The fourth-order valence-electron chi connectivity index (χ4n) is 1.97. The average Bonchev–Trinajstić information content (AvgIpc) is 3.10. The molecular weight excluding hydrogens is 350 g/mol. The molecule has 0 saturated carbocycles. The second-order valence-corrected chi connectivity index (χ2v) is 8.28. The Bertz CT molecular complexity index is 666. The monoisotopic (exact) mass is 371 g/mol. The first-order valence-electron chi connectivity index (χ1n) is 7.53. The molecule has 0 bridgehead atoms. The zero-order valence-electron chi connectivity index (χ0n) is 14.1. The van der Waals surface area contributed by atoms with E-state index < -0.39 is 23.2 Å². The van der Waals surface area contributed by atoms with E-state index in [2.05, 4.69) is 15.3 Å². The Balaban J connectivity index is 2.00. The van der Waals surface area contributed by atoms with Crippen molar-refractivity contribution in [3.63, 3.8) is 0 Å². The largest absolute Gasteiger partial charge is 0.479 e. The highest BCUT2D eigenvalue weighted by Crippen LogP contribution is 2.34. The van der Waals surface area contributed by atoms with E-state index in [1.807, 2.05) is 12.3 Å². The number of hydrogen-bond acceptors (Lipinski definition) is 7. The van der Waals surface area contributed by atoms with Gasteiger partial charge >= 0.3 is 12.1 Å². The lowest BCUT2D eigenvalue weighted by molar-refractivity contribution is -0.142. The molecule has 2 heterocycles. The van der Waals surface area contributed by atoms with Gasteiger partial charge in [0.2, 0.25) is 0 Å². The number of thioether (sulfide) groups is 1. The minimum atomic E-state index is -1.06. The molecular formula is C15H21N3O4S2. The lowest BCUT2D eigenvalue weighted by Crippen LogP contribution is -2.36. The van der Waals surface area contributed by atoms with Crippen molar-refractivity contribution in [1.29, 1.82) is 0 Å². The first kappa shape index (κ1) is 18.7. The molecule has 2 N–H and O–H groups in total. The number of thiazole rings is 1. The summed E-state index contributed by atoms with van der Waals surface area (Å²) in [6, 6.07) is 0. The van der Waals surface area contributed by atoms with Crippen LogP contribution in [0.3, 0.4) is 0 Å². The van der Waals surface area contributed by atoms with Gasteiger partial charge in [0.15, 0.2) is 5.54 Å². The SMILES string of the molecule is CC[C@@]1(C(=O)O)CSC(c2csc(CNC(=O)OC(C)(C)C)n2)=N1. The van der Waals surface area contributed by atoms with Gasteiger partial charge in [-0.1, -0.05) is 6.92 Å². The van der Waals surface area contributed by atoms with Crippen LogP contribution in [0.25, 0.3) is 0 Å². The first-order chi connectivity index (χ1) is 11.1. The zero-order chi connectivity index (χ0) is 18.0. The van der Waals surface area contributed by atoms with E-state index in [-0.39, 0.29) is 6.54 Å². The quantitative estimate of drug-likeness (QED) is 0.825. The number of amides is 1. The van der Waals surface area contributed by atoms with Gasteiger partial charge in [-0.2, -0.15) is 0 Å². The second kappa shape index (κ2) is 7.10. The molecule has 1 atom stereocenters. The van der Waals surface area contributed by atoms with Crippen molar-refractivity contribution in [3.05, 3.63) is 16.1 Å². The van der Waals surface area contributed by atoms with Crippen molar-refractivity contribution in [1.82, 2.24) is 10.3 Å². The van der Waals surface area contributed by atoms with E-state index in [0.717, 1.165) is 0 Å². The number of carboxylic acids is 1. The standard InChI is InChI=1S/C15H21N3O4S2/c1-5-15(12(19)20)8-24-11(18-15)9-7-23-10(17-9)6-16-13(21)22-14(2,3)4/h7H,5-6,8H2,1-4H3,(H,16,21)(H,19,20)/t15-/m0/s1. The lowest BCUT2D eigenvalue weighted by Gasteiger charge is -2.19. The van der Waals surface area contributed by atoms with Crippen LogP contribution in [0.4, 0.5) is 4.79 Å². The molecule has 0 aromatic carbocycles. The van der Waals surface area contributed by atoms with Crippen LogP contribution in [-0.2, 0) is 16.1 Å². The Morgan fingerprint density at radius 3 is 2.71 bits per heavy atom. The summed E-state index contributed by atoms with van der Waals surface area (Å²) in [5.74, 6) is -0.494. The molecule has 0 radical (unpaired) electrons. The van der Waals surface area contributed by atoms with Crippen molar-refractivity contribution in [2.24, 2.45) is 4.99 Å². The number of hydrogen-bond donors (Lipinski definition) is 2.